The van der Waals surface area contributed by atoms with E-state index >= 15 is 0 Å². The molecule has 0 fully saturated rings. The molecule has 9 heteroatoms. The van der Waals surface area contributed by atoms with Gasteiger partial charge in [0.25, 0.3) is 0 Å². The van der Waals surface area contributed by atoms with Crippen LogP contribution in [0.3, 0.4) is 0 Å². The third-order valence-electron chi connectivity index (χ3n) is 1.72. The zero-order valence-corrected chi connectivity index (χ0v) is 21.7. The fourth-order valence-corrected chi connectivity index (χ4v) is 0.167. The van der Waals surface area contributed by atoms with Gasteiger partial charge in [-0.3, -0.25) is 8.78 Å². The molecule has 0 heterocycles. The summed E-state index contributed by atoms with van der Waals surface area (Å²) in [5, 5.41) is 8.36. The van der Waals surface area contributed by atoms with Crippen molar-refractivity contribution in [2.24, 2.45) is 0 Å². The van der Waals surface area contributed by atoms with Crippen molar-refractivity contribution in [2.75, 3.05) is 27.6 Å². The number of methoxy groups -OCH3 is 1. The molecule has 0 rings (SSSR count). The van der Waals surface area contributed by atoms with Crippen molar-refractivity contribution in [3.63, 3.8) is 0 Å². The van der Waals surface area contributed by atoms with Crippen LogP contribution in [0.1, 0.15) is 92.0 Å². The topological polar surface area (TPSA) is 29.5 Å². The van der Waals surface area contributed by atoms with Crippen LogP contribution in [0, 0.1) is 0 Å². The van der Waals surface area contributed by atoms with Crippen LogP contribution in [0.4, 0.5) is 26.3 Å². The van der Waals surface area contributed by atoms with Gasteiger partial charge in [-0.2, -0.15) is 13.2 Å². The second kappa shape index (κ2) is 71.7. The number of hydrogen-bond acceptors (Lipinski definition) is 2. The van der Waals surface area contributed by atoms with Crippen LogP contribution in [-0.4, -0.2) is 51.1 Å². The Morgan fingerprint density at radius 2 is 0.966 bits per heavy atom. The van der Waals surface area contributed by atoms with E-state index in [1.807, 2.05) is 6.92 Å². The summed E-state index contributed by atoms with van der Waals surface area (Å²) in [6, 6.07) is 0. The van der Waals surface area contributed by atoms with Gasteiger partial charge in [0.1, 0.15) is 0 Å². The Bertz CT molecular complexity index is 160. The number of aliphatic hydroxyl groups excluding tert-OH is 1. The molecule has 0 amide bonds. The molecule has 1 N–H and O–H groups in total. The van der Waals surface area contributed by atoms with Crippen LogP contribution in [0.2, 0.25) is 0 Å². The van der Waals surface area contributed by atoms with Gasteiger partial charge in [0, 0.05) is 7.11 Å². The van der Waals surface area contributed by atoms with E-state index in [0.29, 0.717) is 13.3 Å². The van der Waals surface area contributed by atoms with Crippen molar-refractivity contribution in [1.82, 2.24) is 0 Å². The Morgan fingerprint density at radius 3 is 0.966 bits per heavy atom. The molecule has 2 unspecified atom stereocenters. The van der Waals surface area contributed by atoms with Gasteiger partial charge in [-0.1, -0.05) is 58.4 Å². The Hall–Kier alpha value is -1.50. The molecule has 0 saturated carbocycles. The second-order valence-corrected chi connectivity index (χ2v) is 3.73. The largest absolute Gasteiger partial charge is 0.416 e. The Balaban J connectivity index is -0.0000000122. The van der Waals surface area contributed by atoms with Gasteiger partial charge in [-0.25, -0.2) is 4.39 Å². The smallest absolute Gasteiger partial charge is 0.393 e. The van der Waals surface area contributed by atoms with Crippen LogP contribution >= 0.6 is 0 Å². The number of halogens is 6. The maximum absolute atomic E-state index is 10.4. The van der Waals surface area contributed by atoms with E-state index in [4.69, 9.17) is 9.84 Å². The summed E-state index contributed by atoms with van der Waals surface area (Å²) in [7, 11) is 2.23. The summed E-state index contributed by atoms with van der Waals surface area (Å²) in [6.45, 7) is 6.87. The van der Waals surface area contributed by atoms with Crippen molar-refractivity contribution < 1.29 is 36.2 Å². The predicted octanol–water partition coefficient (Wildman–Crippen LogP) is 9.10. The first-order chi connectivity index (χ1) is 10.1. The molecule has 0 aliphatic carbocycles. The molecule has 2 atom stereocenters. The van der Waals surface area contributed by atoms with Crippen molar-refractivity contribution in [3.8, 4) is 0 Å². The first kappa shape index (κ1) is 80.4. The van der Waals surface area contributed by atoms with E-state index in [0.717, 1.165) is 12.8 Å². The molecular weight excluding hydrogens is 653 g/mol. The van der Waals surface area contributed by atoms with Crippen LogP contribution in [0.25, 0.3) is 0 Å². The zero-order valence-electron chi connectivity index (χ0n) is 15.3. The summed E-state index contributed by atoms with van der Waals surface area (Å²) in [5.41, 5.74) is 0. The van der Waals surface area contributed by atoms with Gasteiger partial charge >= 0.3 is 6.18 Å². The molecule has 0 radical (unpaired) electrons. The summed E-state index contributed by atoms with van der Waals surface area (Å²) >= 11 is 0. The zero-order chi connectivity index (χ0) is 19.2. The number of hydrogen-bond donors (Lipinski definition) is 1. The normalized spacial score (nSPS) is 8.90. The molecule has 0 aliphatic heterocycles. The van der Waals surface area contributed by atoms with Gasteiger partial charge in [-0.15, -0.1) is 0 Å². The third-order valence-corrected chi connectivity index (χ3v) is 1.72. The molecule has 0 aromatic heterocycles. The predicted molar refractivity (Wildman–Crippen MR) is 120 cm³/mol. The van der Waals surface area contributed by atoms with Gasteiger partial charge in [0.2, 0.25) is 0 Å². The molecule has 29 heavy (non-hydrogen) atoms. The fourth-order valence-electron chi connectivity index (χ4n) is 0.167. The minimum absolute atomic E-state index is 0. The minimum atomic E-state index is -4.62. The molecule has 0 spiro atoms. The Labute approximate surface area is 175 Å². The number of aliphatic hydroxyl groups is 1. The van der Waals surface area contributed by atoms with Crippen LogP contribution in [-0.2, 0) is 4.74 Å². The van der Waals surface area contributed by atoms with E-state index in [2.05, 4.69) is 13.8 Å². The monoisotopic (exact) mass is 710 g/mol. The van der Waals surface area contributed by atoms with Gasteiger partial charge in [-0.05, 0) is 33.6 Å². The third kappa shape index (κ3) is 283. The van der Waals surface area contributed by atoms with E-state index in [-0.39, 0.29) is 57.3 Å². The van der Waals surface area contributed by atoms with E-state index in [1.165, 1.54) is 6.92 Å². The van der Waals surface area contributed by atoms with Crippen molar-refractivity contribution >= 4 is 0 Å². The summed E-state index contributed by atoms with van der Waals surface area (Å²) in [5.74, 6) is 0. The number of rotatable bonds is 3. The standard InChI is InChI=1S/C5H12O.C4H10O.C2H2F4.C2H5F.CH3F.6CH4.Rf/c1-4-5(2)6-3;1-3-4(2)5;3-1-2(4,5)6;1-2-3;1-2;;;;;;;/h5H,4H2,1-3H3;4-5H,3H2,1-2H3;1H2;2H2,1H3;1H3;6*1H4;. The first-order valence-electron chi connectivity index (χ1n) is 6.83. The second-order valence-electron chi connectivity index (χ2n) is 3.73. The molecule has 0 saturated heterocycles. The molecular formula is C20H56F6O2Rf. The maximum atomic E-state index is 10.4. The average Bonchev–Trinajstić information content (AvgIpc) is 2.49. The Morgan fingerprint density at radius 1 is 0.793 bits per heavy atom. The van der Waals surface area contributed by atoms with Gasteiger partial charge < -0.3 is 9.84 Å². The summed E-state index contributed by atoms with van der Waals surface area (Å²) in [6.07, 6.45) is -2.34. The van der Waals surface area contributed by atoms with E-state index in [1.54, 1.807) is 14.0 Å². The Kier molecular flexibility index (Phi) is 199. The summed E-state index contributed by atoms with van der Waals surface area (Å²) < 4.78 is 66.3. The first-order valence-corrected chi connectivity index (χ1v) is 6.83. The number of alkyl halides is 6. The molecule has 0 bridgehead atoms. The fraction of sp³-hybridized carbons (Fsp3) is 1.00. The van der Waals surface area contributed by atoms with Gasteiger partial charge in [0.15, 0.2) is 6.67 Å². The molecule has 2 nitrogen and oxygen atoms in total. The summed E-state index contributed by atoms with van der Waals surface area (Å²) in [4.78, 5) is 0. The van der Waals surface area contributed by atoms with Crippen LogP contribution in [0.5, 0.6) is 0 Å². The van der Waals surface area contributed by atoms with Crippen LogP contribution < -0.4 is 0 Å². The van der Waals surface area contributed by atoms with Gasteiger partial charge in [0.05, 0.1) is 26.1 Å². The SMILES string of the molecule is C.C.C.C.C.C.CCC(C)O.CCC(C)OC.CCF.CF.FCC(F)(F)F.[Rf]. The van der Waals surface area contributed by atoms with Crippen molar-refractivity contribution in [3.05, 3.63) is 0 Å². The van der Waals surface area contributed by atoms with Crippen molar-refractivity contribution in [2.45, 2.75) is 110 Å². The molecule has 0 aromatic rings. The van der Waals surface area contributed by atoms with Crippen molar-refractivity contribution in [1.29, 1.82) is 0 Å². The van der Waals surface area contributed by atoms with E-state index in [9.17, 15) is 26.3 Å². The molecule has 0 aliphatic rings. The molecule has 0 aromatic carbocycles. The number of ether oxygens (including phenoxy) is 1. The molecule has 192 valence electrons. The van der Waals surface area contributed by atoms with Crippen LogP contribution in [0.15, 0.2) is 0 Å². The maximum Gasteiger partial charge on any atom is 0.416 e. The van der Waals surface area contributed by atoms with E-state index < -0.39 is 12.9 Å². The minimum Gasteiger partial charge on any atom is -0.393 e. The quantitative estimate of drug-likeness (QED) is 0.297. The average molecular weight is 710 g/mol.